The minimum Gasteiger partial charge on any atom is -0.376 e. The lowest BCUT2D eigenvalue weighted by Crippen LogP contribution is -2.20. The Bertz CT molecular complexity index is 326. The number of allylic oxidation sites excluding steroid dienone is 2. The van der Waals surface area contributed by atoms with Crippen molar-refractivity contribution >= 4 is 5.71 Å². The average Bonchev–Trinajstić information content (AvgIpc) is 2.44. The number of rotatable bonds is 2. The van der Waals surface area contributed by atoms with E-state index in [0.717, 1.165) is 5.71 Å². The van der Waals surface area contributed by atoms with Gasteiger partial charge < -0.3 is 9.80 Å². The first-order chi connectivity index (χ1) is 7.20. The molecule has 16 heavy (non-hydrogen) atoms. The van der Waals surface area contributed by atoms with E-state index in [1.807, 2.05) is 0 Å². The molecule has 0 saturated heterocycles. The highest BCUT2D eigenvalue weighted by atomic mass is 15.2. The van der Waals surface area contributed by atoms with Crippen molar-refractivity contribution in [3.05, 3.63) is 23.5 Å². The Labute approximate surface area is 99.1 Å². The monoisotopic (exact) mass is 221 g/mol. The average molecular weight is 221 g/mol. The molecule has 3 heteroatoms. The van der Waals surface area contributed by atoms with E-state index in [-0.39, 0.29) is 5.54 Å². The maximum atomic E-state index is 4.68. The highest BCUT2D eigenvalue weighted by molar-refractivity contribution is 6.08. The van der Waals surface area contributed by atoms with Gasteiger partial charge in [-0.05, 0) is 32.9 Å². The zero-order valence-corrected chi connectivity index (χ0v) is 11.5. The summed E-state index contributed by atoms with van der Waals surface area (Å²) in [6.45, 7) is 6.35. The van der Waals surface area contributed by atoms with Crippen molar-refractivity contribution in [3.63, 3.8) is 0 Å². The summed E-state index contributed by atoms with van der Waals surface area (Å²) in [6.07, 6.45) is 4.28. The molecule has 0 aliphatic heterocycles. The second-order valence-electron chi connectivity index (χ2n) is 5.56. The lowest BCUT2D eigenvalue weighted by Gasteiger charge is -2.22. The summed E-state index contributed by atoms with van der Waals surface area (Å²) >= 11 is 0. The molecule has 1 aliphatic rings. The third kappa shape index (κ3) is 3.12. The maximum absolute atomic E-state index is 4.68. The van der Waals surface area contributed by atoms with Gasteiger partial charge >= 0.3 is 0 Å². The molecule has 1 rings (SSSR count). The SMILES string of the molecule is CN(C)C1=CC(=NC(C)(C)C)C=C1N(C)C. The van der Waals surface area contributed by atoms with E-state index in [2.05, 4.69) is 75.9 Å². The predicted octanol–water partition coefficient (Wildman–Crippen LogP) is 2.13. The van der Waals surface area contributed by atoms with Crippen LogP contribution in [0.5, 0.6) is 0 Å². The zero-order valence-electron chi connectivity index (χ0n) is 11.5. The van der Waals surface area contributed by atoms with Crippen molar-refractivity contribution in [2.24, 2.45) is 4.99 Å². The van der Waals surface area contributed by atoms with Crippen LogP contribution in [0.2, 0.25) is 0 Å². The molecular formula is C13H23N3. The predicted molar refractivity (Wildman–Crippen MR) is 70.7 cm³/mol. The Morgan fingerprint density at radius 1 is 0.875 bits per heavy atom. The summed E-state index contributed by atoms with van der Waals surface area (Å²) in [6, 6.07) is 0. The topological polar surface area (TPSA) is 18.8 Å². The number of nitrogens with zero attached hydrogens (tertiary/aromatic N) is 3. The van der Waals surface area contributed by atoms with Crippen LogP contribution < -0.4 is 0 Å². The molecule has 0 aromatic rings. The van der Waals surface area contributed by atoms with Crippen LogP contribution in [0.15, 0.2) is 28.5 Å². The van der Waals surface area contributed by atoms with E-state index in [1.165, 1.54) is 11.4 Å². The molecule has 0 atom stereocenters. The van der Waals surface area contributed by atoms with Gasteiger partial charge in [0.05, 0.1) is 22.6 Å². The Morgan fingerprint density at radius 2 is 1.25 bits per heavy atom. The van der Waals surface area contributed by atoms with Gasteiger partial charge in [-0.2, -0.15) is 0 Å². The molecule has 90 valence electrons. The van der Waals surface area contributed by atoms with Crippen LogP contribution in [0.1, 0.15) is 20.8 Å². The lowest BCUT2D eigenvalue weighted by atomic mass is 10.1. The van der Waals surface area contributed by atoms with Crippen molar-refractivity contribution < 1.29 is 0 Å². The van der Waals surface area contributed by atoms with Gasteiger partial charge in [-0.25, -0.2) is 0 Å². The number of likely N-dealkylation sites (N-methyl/N-ethyl adjacent to an activating group) is 2. The first kappa shape index (κ1) is 12.8. The van der Waals surface area contributed by atoms with Gasteiger partial charge in [0.1, 0.15) is 0 Å². The Kier molecular flexibility index (Phi) is 3.46. The van der Waals surface area contributed by atoms with Crippen LogP contribution in [0.25, 0.3) is 0 Å². The summed E-state index contributed by atoms with van der Waals surface area (Å²) in [4.78, 5) is 8.93. The van der Waals surface area contributed by atoms with Crippen LogP contribution >= 0.6 is 0 Å². The first-order valence-electron chi connectivity index (χ1n) is 5.59. The third-order valence-electron chi connectivity index (χ3n) is 2.26. The smallest absolute Gasteiger partial charge is 0.0623 e. The van der Waals surface area contributed by atoms with Crippen molar-refractivity contribution in [3.8, 4) is 0 Å². The molecule has 0 amide bonds. The summed E-state index contributed by atoms with van der Waals surface area (Å²) in [7, 11) is 8.23. The molecule has 0 unspecified atom stereocenters. The lowest BCUT2D eigenvalue weighted by molar-refractivity contribution is 0.447. The van der Waals surface area contributed by atoms with Crippen LogP contribution in [0, 0.1) is 0 Å². The molecule has 0 N–H and O–H groups in total. The quantitative estimate of drug-likeness (QED) is 0.711. The Balaban J connectivity index is 3.09. The molecule has 0 heterocycles. The highest BCUT2D eigenvalue weighted by Gasteiger charge is 2.19. The summed E-state index contributed by atoms with van der Waals surface area (Å²) in [5.41, 5.74) is 3.46. The van der Waals surface area contributed by atoms with Gasteiger partial charge in [0, 0.05) is 28.2 Å². The van der Waals surface area contributed by atoms with Gasteiger partial charge in [-0.3, -0.25) is 4.99 Å². The van der Waals surface area contributed by atoms with E-state index in [4.69, 9.17) is 0 Å². The minimum atomic E-state index is -0.0263. The summed E-state index contributed by atoms with van der Waals surface area (Å²) in [5, 5.41) is 0. The third-order valence-corrected chi connectivity index (χ3v) is 2.26. The highest BCUT2D eigenvalue weighted by Crippen LogP contribution is 2.22. The molecule has 1 aliphatic carbocycles. The molecule has 0 bridgehead atoms. The molecule has 0 radical (unpaired) electrons. The summed E-state index contributed by atoms with van der Waals surface area (Å²) < 4.78 is 0. The van der Waals surface area contributed by atoms with E-state index in [0.29, 0.717) is 0 Å². The fourth-order valence-electron chi connectivity index (χ4n) is 1.64. The van der Waals surface area contributed by atoms with Crippen LogP contribution in [-0.2, 0) is 0 Å². The second kappa shape index (κ2) is 4.32. The number of aliphatic imine (C=N–C) groups is 1. The van der Waals surface area contributed by atoms with Gasteiger partial charge in [0.25, 0.3) is 0 Å². The maximum Gasteiger partial charge on any atom is 0.0623 e. The fourth-order valence-corrected chi connectivity index (χ4v) is 1.64. The van der Waals surface area contributed by atoms with E-state index < -0.39 is 0 Å². The summed E-state index contributed by atoms with van der Waals surface area (Å²) in [5.74, 6) is 0. The molecule has 0 spiro atoms. The molecule has 0 aromatic heterocycles. The van der Waals surface area contributed by atoms with Crippen molar-refractivity contribution in [2.75, 3.05) is 28.2 Å². The molecule has 3 nitrogen and oxygen atoms in total. The zero-order chi connectivity index (χ0) is 12.5. The van der Waals surface area contributed by atoms with Crippen molar-refractivity contribution in [1.82, 2.24) is 9.80 Å². The van der Waals surface area contributed by atoms with Crippen LogP contribution in [0.4, 0.5) is 0 Å². The second-order valence-corrected chi connectivity index (χ2v) is 5.56. The van der Waals surface area contributed by atoms with Gasteiger partial charge in [-0.1, -0.05) is 0 Å². The fraction of sp³-hybridized carbons (Fsp3) is 0.615. The largest absolute Gasteiger partial charge is 0.376 e. The minimum absolute atomic E-state index is 0.0263. The molecule has 0 aromatic carbocycles. The van der Waals surface area contributed by atoms with Crippen molar-refractivity contribution in [2.45, 2.75) is 26.3 Å². The van der Waals surface area contributed by atoms with Crippen molar-refractivity contribution in [1.29, 1.82) is 0 Å². The first-order valence-corrected chi connectivity index (χ1v) is 5.59. The number of hydrogen-bond donors (Lipinski definition) is 0. The standard InChI is InChI=1S/C13H23N3/c1-13(2,3)14-10-8-11(15(4)5)12(9-10)16(6)7/h8-9H,1-7H3. The molecular weight excluding hydrogens is 198 g/mol. The van der Waals surface area contributed by atoms with Gasteiger partial charge in [0.15, 0.2) is 0 Å². The number of hydrogen-bond acceptors (Lipinski definition) is 3. The normalized spacial score (nSPS) is 15.8. The Hall–Kier alpha value is -1.25. The van der Waals surface area contributed by atoms with Gasteiger partial charge in [-0.15, -0.1) is 0 Å². The van der Waals surface area contributed by atoms with Crippen LogP contribution in [-0.4, -0.2) is 49.2 Å². The van der Waals surface area contributed by atoms with E-state index in [1.54, 1.807) is 0 Å². The van der Waals surface area contributed by atoms with Crippen LogP contribution in [0.3, 0.4) is 0 Å². The molecule has 0 fully saturated rings. The van der Waals surface area contributed by atoms with Gasteiger partial charge in [0.2, 0.25) is 0 Å². The van der Waals surface area contributed by atoms with E-state index in [9.17, 15) is 0 Å². The Morgan fingerprint density at radius 3 is 1.50 bits per heavy atom. The van der Waals surface area contributed by atoms with E-state index >= 15 is 0 Å². The molecule has 0 saturated carbocycles.